The van der Waals surface area contributed by atoms with Gasteiger partial charge in [-0.3, -0.25) is 0 Å². The Hall–Kier alpha value is -1.01. The summed E-state index contributed by atoms with van der Waals surface area (Å²) in [5, 5.41) is -0.166. The Bertz CT molecular complexity index is 610. The average molecular weight is 313 g/mol. The quantitative estimate of drug-likeness (QED) is 0.815. The van der Waals surface area contributed by atoms with E-state index in [4.69, 9.17) is 16.3 Å². The number of fused-ring (bicyclic) bond motifs is 1. The van der Waals surface area contributed by atoms with Crippen LogP contribution in [0.25, 0.3) is 11.2 Å². The zero-order chi connectivity index (χ0) is 14.1. The van der Waals surface area contributed by atoms with E-state index in [0.717, 1.165) is 23.6 Å². The number of halogens is 1. The zero-order valence-electron chi connectivity index (χ0n) is 11.5. The number of hydrogen-bond donors (Lipinski definition) is 0. The van der Waals surface area contributed by atoms with Crippen molar-refractivity contribution in [2.24, 2.45) is 0 Å². The summed E-state index contributed by atoms with van der Waals surface area (Å²) in [6.45, 7) is 1.94. The second kappa shape index (κ2) is 5.77. The van der Waals surface area contributed by atoms with Gasteiger partial charge in [0.1, 0.15) is 12.2 Å². The van der Waals surface area contributed by atoms with Gasteiger partial charge in [-0.2, -0.15) is 16.7 Å². The molecule has 0 bridgehead atoms. The first-order valence-electron chi connectivity index (χ1n) is 6.71. The van der Waals surface area contributed by atoms with Crippen molar-refractivity contribution in [1.82, 2.24) is 19.5 Å². The molecular formula is C13H17ClN4OS. The van der Waals surface area contributed by atoms with Crippen LogP contribution < -0.4 is 4.74 Å². The topological polar surface area (TPSA) is 52.8 Å². The molecule has 3 heterocycles. The van der Waals surface area contributed by atoms with Gasteiger partial charge in [-0.05, 0) is 25.5 Å². The standard InChI is InChI=1S/C13H17ClN4OS/c1-8(14)11-17-10-12(15-7-16-13(10)19-2)18(11)9-4-3-5-20-6-9/h7-9H,3-6H2,1-2H3. The fourth-order valence-corrected chi connectivity index (χ4v) is 3.90. The van der Waals surface area contributed by atoms with E-state index in [1.807, 2.05) is 18.7 Å². The molecular weight excluding hydrogens is 296 g/mol. The van der Waals surface area contributed by atoms with Crippen LogP contribution in [-0.4, -0.2) is 38.1 Å². The molecule has 5 nitrogen and oxygen atoms in total. The lowest BCUT2D eigenvalue weighted by Gasteiger charge is -2.25. The second-order valence-electron chi connectivity index (χ2n) is 4.88. The Labute approximate surface area is 127 Å². The minimum atomic E-state index is -0.166. The third-order valence-electron chi connectivity index (χ3n) is 3.52. The van der Waals surface area contributed by atoms with Crippen LogP contribution in [0.2, 0.25) is 0 Å². The Morgan fingerprint density at radius 1 is 1.50 bits per heavy atom. The summed E-state index contributed by atoms with van der Waals surface area (Å²) >= 11 is 8.29. The van der Waals surface area contributed by atoms with Crippen molar-refractivity contribution in [3.8, 4) is 5.88 Å². The Kier molecular flexibility index (Phi) is 4.03. The predicted molar refractivity (Wildman–Crippen MR) is 81.7 cm³/mol. The third-order valence-corrected chi connectivity index (χ3v) is 4.91. The summed E-state index contributed by atoms with van der Waals surface area (Å²) in [7, 11) is 1.60. The Morgan fingerprint density at radius 3 is 3.00 bits per heavy atom. The molecule has 108 valence electrons. The first-order chi connectivity index (χ1) is 9.72. The molecule has 0 N–H and O–H groups in total. The number of alkyl halides is 1. The monoisotopic (exact) mass is 312 g/mol. The lowest BCUT2D eigenvalue weighted by molar-refractivity contribution is 0.401. The van der Waals surface area contributed by atoms with Crippen molar-refractivity contribution in [2.45, 2.75) is 31.2 Å². The Balaban J connectivity index is 2.18. The molecule has 2 aromatic heterocycles. The summed E-state index contributed by atoms with van der Waals surface area (Å²) in [5.41, 5.74) is 1.53. The number of imidazole rings is 1. The van der Waals surface area contributed by atoms with Gasteiger partial charge < -0.3 is 9.30 Å². The largest absolute Gasteiger partial charge is 0.479 e. The molecule has 0 aliphatic carbocycles. The van der Waals surface area contributed by atoms with Crippen LogP contribution in [0.15, 0.2) is 6.33 Å². The summed E-state index contributed by atoms with van der Waals surface area (Å²) in [4.78, 5) is 13.2. The van der Waals surface area contributed by atoms with Crippen LogP contribution in [0, 0.1) is 0 Å². The molecule has 20 heavy (non-hydrogen) atoms. The minimum Gasteiger partial charge on any atom is -0.479 e. The van der Waals surface area contributed by atoms with Gasteiger partial charge in [0, 0.05) is 11.8 Å². The molecule has 2 aromatic rings. The molecule has 2 atom stereocenters. The molecule has 1 aliphatic heterocycles. The summed E-state index contributed by atoms with van der Waals surface area (Å²) in [6.07, 6.45) is 3.88. The van der Waals surface area contributed by atoms with E-state index in [-0.39, 0.29) is 5.38 Å². The van der Waals surface area contributed by atoms with Crippen molar-refractivity contribution in [2.75, 3.05) is 18.6 Å². The van der Waals surface area contributed by atoms with Gasteiger partial charge in [0.25, 0.3) is 0 Å². The van der Waals surface area contributed by atoms with Crippen molar-refractivity contribution in [1.29, 1.82) is 0 Å². The van der Waals surface area contributed by atoms with Gasteiger partial charge >= 0.3 is 0 Å². The molecule has 1 saturated heterocycles. The molecule has 1 fully saturated rings. The molecule has 1 aliphatic rings. The maximum absolute atomic E-state index is 6.32. The van der Waals surface area contributed by atoms with Gasteiger partial charge in [0.2, 0.25) is 5.88 Å². The maximum atomic E-state index is 6.32. The number of ether oxygens (including phenoxy) is 1. The number of aromatic nitrogens is 4. The fourth-order valence-electron chi connectivity index (χ4n) is 2.62. The van der Waals surface area contributed by atoms with E-state index in [9.17, 15) is 0 Å². The van der Waals surface area contributed by atoms with Crippen LogP contribution in [0.3, 0.4) is 0 Å². The first kappa shape index (κ1) is 13.9. The van der Waals surface area contributed by atoms with Crippen LogP contribution in [0.4, 0.5) is 0 Å². The molecule has 0 amide bonds. The molecule has 7 heteroatoms. The highest BCUT2D eigenvalue weighted by molar-refractivity contribution is 7.99. The number of methoxy groups -OCH3 is 1. The molecule has 0 radical (unpaired) electrons. The van der Waals surface area contributed by atoms with E-state index in [2.05, 4.69) is 19.5 Å². The molecule has 2 unspecified atom stereocenters. The highest BCUT2D eigenvalue weighted by Crippen LogP contribution is 2.35. The van der Waals surface area contributed by atoms with E-state index in [0.29, 0.717) is 17.4 Å². The number of thioether (sulfide) groups is 1. The maximum Gasteiger partial charge on any atom is 0.245 e. The van der Waals surface area contributed by atoms with E-state index in [1.54, 1.807) is 7.11 Å². The van der Waals surface area contributed by atoms with E-state index >= 15 is 0 Å². The summed E-state index contributed by atoms with van der Waals surface area (Å²) in [6, 6.07) is 0.398. The second-order valence-corrected chi connectivity index (χ2v) is 6.69. The van der Waals surface area contributed by atoms with Gasteiger partial charge in [-0.1, -0.05) is 0 Å². The predicted octanol–water partition coefficient (Wildman–Crippen LogP) is 3.20. The van der Waals surface area contributed by atoms with Crippen LogP contribution in [0.1, 0.15) is 37.0 Å². The van der Waals surface area contributed by atoms with Crippen molar-refractivity contribution in [3.63, 3.8) is 0 Å². The molecule has 0 saturated carbocycles. The van der Waals surface area contributed by atoms with Crippen molar-refractivity contribution >= 4 is 34.5 Å². The number of nitrogens with zero attached hydrogens (tertiary/aromatic N) is 4. The van der Waals surface area contributed by atoms with Gasteiger partial charge in [0.05, 0.1) is 12.5 Å². The highest BCUT2D eigenvalue weighted by atomic mass is 35.5. The SMILES string of the molecule is COc1ncnc2c1nc(C(C)Cl)n2C1CCCSC1. The smallest absolute Gasteiger partial charge is 0.245 e. The van der Waals surface area contributed by atoms with Crippen LogP contribution >= 0.6 is 23.4 Å². The average Bonchev–Trinajstić information content (AvgIpc) is 2.87. The van der Waals surface area contributed by atoms with Gasteiger partial charge in [-0.15, -0.1) is 11.6 Å². The van der Waals surface area contributed by atoms with E-state index < -0.39 is 0 Å². The van der Waals surface area contributed by atoms with Crippen molar-refractivity contribution in [3.05, 3.63) is 12.2 Å². The van der Waals surface area contributed by atoms with Gasteiger partial charge in [0.15, 0.2) is 11.2 Å². The van der Waals surface area contributed by atoms with E-state index in [1.165, 1.54) is 18.5 Å². The van der Waals surface area contributed by atoms with Crippen LogP contribution in [0.5, 0.6) is 5.88 Å². The first-order valence-corrected chi connectivity index (χ1v) is 8.30. The minimum absolute atomic E-state index is 0.166. The molecule has 3 rings (SSSR count). The molecule has 0 spiro atoms. The lowest BCUT2D eigenvalue weighted by atomic mass is 10.2. The number of rotatable bonds is 3. The van der Waals surface area contributed by atoms with Crippen LogP contribution in [-0.2, 0) is 0 Å². The third kappa shape index (κ3) is 2.35. The summed E-state index contributed by atoms with van der Waals surface area (Å²) < 4.78 is 7.47. The normalized spacial score (nSPS) is 21.1. The van der Waals surface area contributed by atoms with Crippen molar-refractivity contribution < 1.29 is 4.74 Å². The van der Waals surface area contributed by atoms with Gasteiger partial charge in [-0.25, -0.2) is 9.97 Å². The lowest BCUT2D eigenvalue weighted by Crippen LogP contribution is -2.19. The summed E-state index contributed by atoms with van der Waals surface area (Å²) in [5.74, 6) is 3.67. The highest BCUT2D eigenvalue weighted by Gasteiger charge is 2.26. The Morgan fingerprint density at radius 2 is 2.35 bits per heavy atom. The zero-order valence-corrected chi connectivity index (χ0v) is 13.1. The fraction of sp³-hybridized carbons (Fsp3) is 0.615. The molecule has 0 aromatic carbocycles. The number of hydrogen-bond acceptors (Lipinski definition) is 5.